The van der Waals surface area contributed by atoms with Gasteiger partial charge in [-0.2, -0.15) is 0 Å². The van der Waals surface area contributed by atoms with E-state index in [1.54, 1.807) is 12.1 Å². The van der Waals surface area contributed by atoms with Crippen molar-refractivity contribution in [3.63, 3.8) is 0 Å². The highest BCUT2D eigenvalue weighted by Crippen LogP contribution is 2.25. The molecule has 2 rings (SSSR count). The van der Waals surface area contributed by atoms with Gasteiger partial charge in [-0.15, -0.1) is 0 Å². The third-order valence-corrected chi connectivity index (χ3v) is 4.36. The standard InChI is InChI=1S/C19H28N2O3/c1-2-24-14-8-13-20-19(23)16-11-6-7-12-17(16)21-18(22)15-9-4-3-5-10-15/h6-7,11-12,15H,2-5,8-10,13-14H2,1H3,(H,20,23)(H,21,22). The molecule has 1 saturated carbocycles. The molecule has 1 aromatic rings. The third-order valence-electron chi connectivity index (χ3n) is 4.36. The summed E-state index contributed by atoms with van der Waals surface area (Å²) in [6.45, 7) is 3.83. The molecule has 0 atom stereocenters. The Morgan fingerprint density at radius 2 is 1.92 bits per heavy atom. The van der Waals surface area contributed by atoms with Crippen LogP contribution < -0.4 is 10.6 Å². The largest absolute Gasteiger partial charge is 0.382 e. The molecule has 132 valence electrons. The van der Waals surface area contributed by atoms with Crippen molar-refractivity contribution < 1.29 is 14.3 Å². The number of anilines is 1. The van der Waals surface area contributed by atoms with E-state index in [1.807, 2.05) is 19.1 Å². The number of nitrogens with one attached hydrogen (secondary N) is 2. The summed E-state index contributed by atoms with van der Waals surface area (Å²) < 4.78 is 5.26. The highest BCUT2D eigenvalue weighted by molar-refractivity contribution is 6.04. The lowest BCUT2D eigenvalue weighted by Crippen LogP contribution is -2.29. The second-order valence-electron chi connectivity index (χ2n) is 6.18. The highest BCUT2D eigenvalue weighted by atomic mass is 16.5. The van der Waals surface area contributed by atoms with Gasteiger partial charge in [0, 0.05) is 25.7 Å². The average molecular weight is 332 g/mol. The molecule has 24 heavy (non-hydrogen) atoms. The number of carbonyl (C=O) groups is 2. The molecule has 0 aromatic heterocycles. The first-order chi connectivity index (χ1) is 11.7. The van der Waals surface area contributed by atoms with Crippen molar-refractivity contribution >= 4 is 17.5 Å². The van der Waals surface area contributed by atoms with Crippen LogP contribution in [0.5, 0.6) is 0 Å². The Morgan fingerprint density at radius 1 is 1.17 bits per heavy atom. The van der Waals surface area contributed by atoms with Gasteiger partial charge in [0.05, 0.1) is 11.3 Å². The quantitative estimate of drug-likeness (QED) is 0.717. The Labute approximate surface area is 144 Å². The van der Waals surface area contributed by atoms with Crippen LogP contribution in [0.15, 0.2) is 24.3 Å². The molecule has 2 amide bonds. The zero-order valence-corrected chi connectivity index (χ0v) is 14.5. The predicted molar refractivity (Wildman–Crippen MR) is 95.1 cm³/mol. The number of benzene rings is 1. The first-order valence-corrected chi connectivity index (χ1v) is 8.98. The molecule has 0 spiro atoms. The van der Waals surface area contributed by atoms with E-state index in [2.05, 4.69) is 10.6 Å². The lowest BCUT2D eigenvalue weighted by Gasteiger charge is -2.21. The molecular weight excluding hydrogens is 304 g/mol. The van der Waals surface area contributed by atoms with E-state index in [1.165, 1.54) is 6.42 Å². The molecule has 0 bridgehead atoms. The SMILES string of the molecule is CCOCCCNC(=O)c1ccccc1NC(=O)C1CCCCC1. The molecule has 2 N–H and O–H groups in total. The third kappa shape index (κ3) is 5.64. The number of para-hydroxylation sites is 1. The van der Waals surface area contributed by atoms with E-state index < -0.39 is 0 Å². The minimum absolute atomic E-state index is 0.0336. The van der Waals surface area contributed by atoms with Gasteiger partial charge in [-0.1, -0.05) is 31.4 Å². The van der Waals surface area contributed by atoms with Gasteiger partial charge in [-0.25, -0.2) is 0 Å². The van der Waals surface area contributed by atoms with Gasteiger partial charge in [0.25, 0.3) is 5.91 Å². The van der Waals surface area contributed by atoms with Crippen molar-refractivity contribution in [3.05, 3.63) is 29.8 Å². The number of hydrogen-bond acceptors (Lipinski definition) is 3. The van der Waals surface area contributed by atoms with Gasteiger partial charge in [0.15, 0.2) is 0 Å². The maximum absolute atomic E-state index is 12.4. The van der Waals surface area contributed by atoms with E-state index in [0.29, 0.717) is 31.0 Å². The second kappa shape index (κ2) is 10.1. The average Bonchev–Trinajstić information content (AvgIpc) is 2.62. The molecule has 5 heteroatoms. The summed E-state index contributed by atoms with van der Waals surface area (Å²) in [5.74, 6) is -0.0570. The van der Waals surface area contributed by atoms with Gasteiger partial charge in [-0.3, -0.25) is 9.59 Å². The van der Waals surface area contributed by atoms with E-state index in [0.717, 1.165) is 32.1 Å². The Balaban J connectivity index is 1.91. The fourth-order valence-corrected chi connectivity index (χ4v) is 3.01. The number of ether oxygens (including phenoxy) is 1. The highest BCUT2D eigenvalue weighted by Gasteiger charge is 2.22. The van der Waals surface area contributed by atoms with Crippen LogP contribution in [0.25, 0.3) is 0 Å². The van der Waals surface area contributed by atoms with Gasteiger partial charge in [-0.05, 0) is 38.3 Å². The van der Waals surface area contributed by atoms with Crippen molar-refractivity contribution in [3.8, 4) is 0 Å². The minimum atomic E-state index is -0.161. The van der Waals surface area contributed by atoms with E-state index in [4.69, 9.17) is 4.74 Å². The maximum Gasteiger partial charge on any atom is 0.253 e. The molecule has 0 radical (unpaired) electrons. The Morgan fingerprint density at radius 3 is 2.67 bits per heavy atom. The van der Waals surface area contributed by atoms with E-state index >= 15 is 0 Å². The number of amides is 2. The molecule has 1 fully saturated rings. The summed E-state index contributed by atoms with van der Waals surface area (Å²) in [5, 5.41) is 5.83. The molecule has 0 saturated heterocycles. The van der Waals surface area contributed by atoms with Crippen molar-refractivity contribution in [2.24, 2.45) is 5.92 Å². The Kier molecular flexibility index (Phi) is 7.75. The molecule has 0 aliphatic heterocycles. The van der Waals surface area contributed by atoms with Crippen molar-refractivity contribution in [1.82, 2.24) is 5.32 Å². The van der Waals surface area contributed by atoms with Crippen LogP contribution in [0.1, 0.15) is 55.8 Å². The first kappa shape index (κ1) is 18.5. The summed E-state index contributed by atoms with van der Waals surface area (Å²) in [6, 6.07) is 7.18. The molecule has 0 unspecified atom stereocenters. The lowest BCUT2D eigenvalue weighted by molar-refractivity contribution is -0.120. The molecule has 1 aromatic carbocycles. The van der Waals surface area contributed by atoms with Gasteiger partial charge in [0.1, 0.15) is 0 Å². The number of rotatable bonds is 8. The van der Waals surface area contributed by atoms with E-state index in [-0.39, 0.29) is 17.7 Å². The van der Waals surface area contributed by atoms with Crippen molar-refractivity contribution in [2.45, 2.75) is 45.4 Å². The Bertz CT molecular complexity index is 539. The molecule has 1 aliphatic rings. The maximum atomic E-state index is 12.4. The van der Waals surface area contributed by atoms with Crippen LogP contribution in [-0.4, -0.2) is 31.6 Å². The predicted octanol–water partition coefficient (Wildman–Crippen LogP) is 3.36. The van der Waals surface area contributed by atoms with Crippen molar-refractivity contribution in [2.75, 3.05) is 25.1 Å². The van der Waals surface area contributed by atoms with E-state index in [9.17, 15) is 9.59 Å². The zero-order chi connectivity index (χ0) is 17.2. The summed E-state index contributed by atoms with van der Waals surface area (Å²) in [7, 11) is 0. The molecule has 5 nitrogen and oxygen atoms in total. The fourth-order valence-electron chi connectivity index (χ4n) is 3.01. The first-order valence-electron chi connectivity index (χ1n) is 8.98. The minimum Gasteiger partial charge on any atom is -0.382 e. The second-order valence-corrected chi connectivity index (χ2v) is 6.18. The van der Waals surface area contributed by atoms with Crippen LogP contribution >= 0.6 is 0 Å². The number of carbonyl (C=O) groups excluding carboxylic acids is 2. The molecule has 1 aliphatic carbocycles. The fraction of sp³-hybridized carbons (Fsp3) is 0.579. The summed E-state index contributed by atoms with van der Waals surface area (Å²) >= 11 is 0. The van der Waals surface area contributed by atoms with Gasteiger partial charge >= 0.3 is 0 Å². The van der Waals surface area contributed by atoms with Crippen LogP contribution in [0.2, 0.25) is 0 Å². The van der Waals surface area contributed by atoms with Crippen molar-refractivity contribution in [1.29, 1.82) is 0 Å². The summed E-state index contributed by atoms with van der Waals surface area (Å²) in [6.07, 6.45) is 6.09. The smallest absolute Gasteiger partial charge is 0.253 e. The topological polar surface area (TPSA) is 67.4 Å². The zero-order valence-electron chi connectivity index (χ0n) is 14.5. The molecular formula is C19H28N2O3. The monoisotopic (exact) mass is 332 g/mol. The molecule has 0 heterocycles. The van der Waals surface area contributed by atoms with Crippen LogP contribution in [0, 0.1) is 5.92 Å². The Hall–Kier alpha value is -1.88. The number of hydrogen-bond donors (Lipinski definition) is 2. The lowest BCUT2D eigenvalue weighted by atomic mass is 9.88. The van der Waals surface area contributed by atoms with Crippen LogP contribution in [0.3, 0.4) is 0 Å². The summed E-state index contributed by atoms with van der Waals surface area (Å²) in [4.78, 5) is 24.8. The normalized spacial score (nSPS) is 15.0. The van der Waals surface area contributed by atoms with Crippen LogP contribution in [-0.2, 0) is 9.53 Å². The van der Waals surface area contributed by atoms with Gasteiger partial charge in [0.2, 0.25) is 5.91 Å². The van der Waals surface area contributed by atoms with Crippen LogP contribution in [0.4, 0.5) is 5.69 Å². The summed E-state index contributed by atoms with van der Waals surface area (Å²) in [5.41, 5.74) is 1.11. The van der Waals surface area contributed by atoms with Gasteiger partial charge < -0.3 is 15.4 Å².